The van der Waals surface area contributed by atoms with Gasteiger partial charge in [0.25, 0.3) is 0 Å². The summed E-state index contributed by atoms with van der Waals surface area (Å²) in [5, 5.41) is 8.95. The maximum absolute atomic E-state index is 12.6. The Morgan fingerprint density at radius 2 is 1.71 bits per heavy atom. The van der Waals surface area contributed by atoms with Crippen LogP contribution in [-0.4, -0.2) is 32.8 Å². The third-order valence-corrected chi connectivity index (χ3v) is 6.24. The second kappa shape index (κ2) is 9.14. The minimum absolute atomic E-state index is 0.337. The number of methoxy groups -OCH3 is 1. The average molecular weight is 431 g/mol. The molecule has 31 heavy (non-hydrogen) atoms. The Hall–Kier alpha value is -3.45. The van der Waals surface area contributed by atoms with E-state index in [1.54, 1.807) is 12.4 Å². The van der Waals surface area contributed by atoms with E-state index in [2.05, 4.69) is 41.2 Å². The van der Waals surface area contributed by atoms with Gasteiger partial charge in [0, 0.05) is 18.0 Å². The molecule has 0 N–H and O–H groups in total. The SMILES string of the molecule is COC(=O)C(Sc1nnc(-c2ccncc2)n1-c1ccc(C)c(C)c1)c1ccccc1. The van der Waals surface area contributed by atoms with Crippen LogP contribution in [0.1, 0.15) is 21.9 Å². The van der Waals surface area contributed by atoms with Crippen molar-refractivity contribution in [1.29, 1.82) is 0 Å². The van der Waals surface area contributed by atoms with Gasteiger partial charge in [-0.25, -0.2) is 0 Å². The first-order valence-electron chi connectivity index (χ1n) is 9.81. The number of ether oxygens (including phenoxy) is 1. The summed E-state index contributed by atoms with van der Waals surface area (Å²) in [6.07, 6.45) is 3.45. The highest BCUT2D eigenvalue weighted by Crippen LogP contribution is 2.38. The Kier molecular flexibility index (Phi) is 6.13. The van der Waals surface area contributed by atoms with Crippen molar-refractivity contribution in [2.45, 2.75) is 24.3 Å². The largest absolute Gasteiger partial charge is 0.468 e. The Labute approximate surface area is 185 Å². The van der Waals surface area contributed by atoms with Gasteiger partial charge in [-0.3, -0.25) is 14.3 Å². The summed E-state index contributed by atoms with van der Waals surface area (Å²) >= 11 is 1.32. The van der Waals surface area contributed by atoms with Crippen molar-refractivity contribution in [3.05, 3.63) is 89.7 Å². The van der Waals surface area contributed by atoms with Crippen LogP contribution in [0.25, 0.3) is 17.1 Å². The number of carbonyl (C=O) groups is 1. The number of nitrogens with zero attached hydrogens (tertiary/aromatic N) is 4. The van der Waals surface area contributed by atoms with Crippen molar-refractivity contribution < 1.29 is 9.53 Å². The van der Waals surface area contributed by atoms with Crippen LogP contribution >= 0.6 is 11.8 Å². The summed E-state index contributed by atoms with van der Waals surface area (Å²) in [5.74, 6) is 0.348. The van der Waals surface area contributed by atoms with E-state index in [1.165, 1.54) is 24.4 Å². The Morgan fingerprint density at radius 1 is 0.968 bits per heavy atom. The van der Waals surface area contributed by atoms with E-state index in [9.17, 15) is 4.79 Å². The second-order valence-corrected chi connectivity index (χ2v) is 8.15. The molecule has 0 radical (unpaired) electrons. The number of aromatic nitrogens is 4. The van der Waals surface area contributed by atoms with Gasteiger partial charge in [0.05, 0.1) is 12.8 Å². The molecule has 0 aliphatic rings. The number of benzene rings is 2. The maximum atomic E-state index is 12.6. The van der Waals surface area contributed by atoms with Crippen LogP contribution in [-0.2, 0) is 9.53 Å². The van der Waals surface area contributed by atoms with E-state index < -0.39 is 5.25 Å². The fraction of sp³-hybridized carbons (Fsp3) is 0.167. The molecule has 6 nitrogen and oxygen atoms in total. The van der Waals surface area contributed by atoms with Gasteiger partial charge in [-0.2, -0.15) is 0 Å². The van der Waals surface area contributed by atoms with Crippen molar-refractivity contribution in [3.63, 3.8) is 0 Å². The zero-order valence-corrected chi connectivity index (χ0v) is 18.3. The molecule has 1 unspecified atom stereocenters. The molecule has 2 heterocycles. The minimum Gasteiger partial charge on any atom is -0.468 e. The molecule has 4 rings (SSSR count). The van der Waals surface area contributed by atoms with Gasteiger partial charge in [-0.1, -0.05) is 48.2 Å². The molecule has 4 aromatic rings. The quantitative estimate of drug-likeness (QED) is 0.318. The number of hydrogen-bond donors (Lipinski definition) is 0. The number of carbonyl (C=O) groups excluding carboxylic acids is 1. The first-order valence-corrected chi connectivity index (χ1v) is 10.7. The zero-order valence-electron chi connectivity index (χ0n) is 17.5. The lowest BCUT2D eigenvalue weighted by molar-refractivity contribution is -0.140. The zero-order chi connectivity index (χ0) is 21.8. The van der Waals surface area contributed by atoms with E-state index in [1.807, 2.05) is 53.1 Å². The molecule has 0 fully saturated rings. The van der Waals surface area contributed by atoms with Crippen LogP contribution < -0.4 is 0 Å². The van der Waals surface area contributed by atoms with Gasteiger partial charge >= 0.3 is 5.97 Å². The summed E-state index contributed by atoms with van der Waals surface area (Å²) in [6, 6.07) is 19.6. The summed E-state index contributed by atoms with van der Waals surface area (Å²) < 4.78 is 7.06. The smallest absolute Gasteiger partial charge is 0.323 e. The van der Waals surface area contributed by atoms with Gasteiger partial charge in [-0.05, 0) is 54.8 Å². The summed E-state index contributed by atoms with van der Waals surface area (Å²) in [7, 11) is 1.40. The van der Waals surface area contributed by atoms with Crippen molar-refractivity contribution in [1.82, 2.24) is 19.7 Å². The number of rotatable bonds is 6. The van der Waals surface area contributed by atoms with Crippen molar-refractivity contribution >= 4 is 17.7 Å². The predicted octanol–water partition coefficient (Wildman–Crippen LogP) is 4.95. The standard InChI is InChI=1S/C24H22N4O2S/c1-16-9-10-20(15-17(16)2)28-22(19-11-13-25-14-12-19)26-27-24(28)31-21(23(29)30-3)18-7-5-4-6-8-18/h4-15,21H,1-3H3. The first-order chi connectivity index (χ1) is 15.1. The van der Waals surface area contributed by atoms with Crippen molar-refractivity contribution in [3.8, 4) is 17.1 Å². The van der Waals surface area contributed by atoms with Crippen molar-refractivity contribution in [2.24, 2.45) is 0 Å². The minimum atomic E-state index is -0.564. The van der Waals surface area contributed by atoms with E-state index in [-0.39, 0.29) is 5.97 Å². The van der Waals surface area contributed by atoms with Crippen LogP contribution in [0.4, 0.5) is 0 Å². The fourth-order valence-electron chi connectivity index (χ4n) is 3.22. The molecule has 0 saturated carbocycles. The number of hydrogen-bond acceptors (Lipinski definition) is 6. The van der Waals surface area contributed by atoms with Crippen LogP contribution in [0, 0.1) is 13.8 Å². The molecule has 2 aromatic heterocycles. The fourth-order valence-corrected chi connectivity index (χ4v) is 4.31. The molecule has 2 aromatic carbocycles. The molecule has 0 aliphatic heterocycles. The van der Waals surface area contributed by atoms with Gasteiger partial charge in [-0.15, -0.1) is 10.2 Å². The number of aryl methyl sites for hydroxylation is 2. The van der Waals surface area contributed by atoms with Gasteiger partial charge in [0.1, 0.15) is 5.25 Å². The molecule has 0 amide bonds. The lowest BCUT2D eigenvalue weighted by Crippen LogP contribution is -2.12. The summed E-state index contributed by atoms with van der Waals surface area (Å²) in [5.41, 5.74) is 5.03. The third-order valence-electron chi connectivity index (χ3n) is 5.06. The summed E-state index contributed by atoms with van der Waals surface area (Å²) in [4.78, 5) is 16.7. The lowest BCUT2D eigenvalue weighted by atomic mass is 10.1. The molecular formula is C24H22N4O2S. The topological polar surface area (TPSA) is 69.9 Å². The molecular weight excluding hydrogens is 408 g/mol. The number of thioether (sulfide) groups is 1. The highest BCUT2D eigenvalue weighted by atomic mass is 32.2. The number of esters is 1. The molecule has 0 aliphatic carbocycles. The maximum Gasteiger partial charge on any atom is 0.323 e. The summed E-state index contributed by atoms with van der Waals surface area (Å²) in [6.45, 7) is 4.15. The van der Waals surface area contributed by atoms with Gasteiger partial charge < -0.3 is 4.74 Å². The Bertz CT molecular complexity index is 1190. The highest BCUT2D eigenvalue weighted by Gasteiger charge is 2.27. The van der Waals surface area contributed by atoms with Crippen LogP contribution in [0.15, 0.2) is 78.2 Å². The normalized spacial score (nSPS) is 11.8. The van der Waals surface area contributed by atoms with E-state index >= 15 is 0 Å². The van der Waals surface area contributed by atoms with E-state index in [4.69, 9.17) is 4.74 Å². The molecule has 1 atom stereocenters. The third kappa shape index (κ3) is 4.36. The molecule has 0 saturated heterocycles. The first kappa shape index (κ1) is 20.8. The lowest BCUT2D eigenvalue weighted by Gasteiger charge is -2.16. The molecule has 156 valence electrons. The van der Waals surface area contributed by atoms with Gasteiger partial charge in [0.15, 0.2) is 11.0 Å². The highest BCUT2D eigenvalue weighted by molar-refractivity contribution is 8.00. The molecule has 0 spiro atoms. The van der Waals surface area contributed by atoms with Crippen LogP contribution in [0.2, 0.25) is 0 Å². The molecule has 7 heteroatoms. The van der Waals surface area contributed by atoms with E-state index in [0.29, 0.717) is 11.0 Å². The Morgan fingerprint density at radius 3 is 2.39 bits per heavy atom. The van der Waals surface area contributed by atoms with Crippen LogP contribution in [0.5, 0.6) is 0 Å². The Balaban J connectivity index is 1.85. The predicted molar refractivity (Wildman–Crippen MR) is 121 cm³/mol. The molecule has 0 bridgehead atoms. The monoisotopic (exact) mass is 430 g/mol. The van der Waals surface area contributed by atoms with Gasteiger partial charge in [0.2, 0.25) is 0 Å². The average Bonchev–Trinajstić information content (AvgIpc) is 3.23. The number of pyridine rings is 1. The van der Waals surface area contributed by atoms with Crippen molar-refractivity contribution in [2.75, 3.05) is 7.11 Å². The van der Waals surface area contributed by atoms with E-state index in [0.717, 1.165) is 22.4 Å². The second-order valence-electron chi connectivity index (χ2n) is 7.08. The van der Waals surface area contributed by atoms with Crippen LogP contribution in [0.3, 0.4) is 0 Å².